The lowest BCUT2D eigenvalue weighted by Gasteiger charge is -2.35. The molecule has 1 heterocycles. The lowest BCUT2D eigenvalue weighted by molar-refractivity contribution is 0.182. The first kappa shape index (κ1) is 23.6. The number of sulfonamides is 1. The maximum atomic E-state index is 12.5. The summed E-state index contributed by atoms with van der Waals surface area (Å²) in [5.74, 6) is 1.69. The van der Waals surface area contributed by atoms with Crippen molar-refractivity contribution in [1.82, 2.24) is 9.62 Å². The van der Waals surface area contributed by atoms with E-state index in [4.69, 9.17) is 32.7 Å². The third-order valence-corrected chi connectivity index (χ3v) is 8.53. The highest BCUT2D eigenvalue weighted by molar-refractivity contribution is 7.89. The Hall–Kier alpha value is -1.51. The first-order valence-corrected chi connectivity index (χ1v) is 13.0. The van der Waals surface area contributed by atoms with Crippen molar-refractivity contribution in [1.29, 1.82) is 0 Å². The Balaban J connectivity index is 1.34. The quantitative estimate of drug-likeness (QED) is 0.511. The number of benzene rings is 2. The number of rotatable bonds is 9. The van der Waals surface area contributed by atoms with Crippen LogP contribution >= 0.6 is 23.2 Å². The topological polar surface area (TPSA) is 67.9 Å². The van der Waals surface area contributed by atoms with Crippen molar-refractivity contribution in [2.45, 2.75) is 43.0 Å². The minimum absolute atomic E-state index is 0.0159. The van der Waals surface area contributed by atoms with Gasteiger partial charge in [0.1, 0.15) is 4.90 Å². The van der Waals surface area contributed by atoms with Gasteiger partial charge in [0.2, 0.25) is 10.0 Å². The van der Waals surface area contributed by atoms with Crippen molar-refractivity contribution >= 4 is 33.2 Å². The molecule has 9 heteroatoms. The zero-order chi connectivity index (χ0) is 22.9. The van der Waals surface area contributed by atoms with Gasteiger partial charge in [-0.05, 0) is 74.0 Å². The summed E-state index contributed by atoms with van der Waals surface area (Å²) in [7, 11) is -0.298. The Morgan fingerprint density at radius 1 is 1.12 bits per heavy atom. The highest BCUT2D eigenvalue weighted by Crippen LogP contribution is 2.48. The van der Waals surface area contributed by atoms with Gasteiger partial charge in [-0.3, -0.25) is 4.90 Å². The largest absolute Gasteiger partial charge is 0.493 e. The molecule has 174 valence electrons. The van der Waals surface area contributed by atoms with Gasteiger partial charge in [-0.1, -0.05) is 23.2 Å². The van der Waals surface area contributed by atoms with E-state index in [0.717, 1.165) is 56.7 Å². The summed E-state index contributed by atoms with van der Waals surface area (Å²) < 4.78 is 38.9. The van der Waals surface area contributed by atoms with E-state index in [0.29, 0.717) is 17.6 Å². The van der Waals surface area contributed by atoms with E-state index >= 15 is 0 Å². The molecule has 0 saturated heterocycles. The Morgan fingerprint density at radius 2 is 1.94 bits per heavy atom. The van der Waals surface area contributed by atoms with Gasteiger partial charge in [0, 0.05) is 29.7 Å². The standard InChI is InChI=1S/C23H28Cl2N2O4S/c1-30-20-13-15-9-12-27(19-8-6-17(22(15)19)23(20)31-2)11-4-3-10-26-32(28,29)21-14-16(24)5-7-18(21)25/h5,7,13-14,19,26H,3-4,6,8-12H2,1-2H3. The summed E-state index contributed by atoms with van der Waals surface area (Å²) in [4.78, 5) is 2.54. The van der Waals surface area contributed by atoms with Gasteiger partial charge < -0.3 is 9.47 Å². The molecule has 0 saturated carbocycles. The fourth-order valence-corrected chi connectivity index (χ4v) is 6.73. The summed E-state index contributed by atoms with van der Waals surface area (Å²) in [6.07, 6.45) is 4.70. The number of halogens is 2. The summed E-state index contributed by atoms with van der Waals surface area (Å²) in [6.45, 7) is 2.28. The molecule has 2 aromatic rings. The van der Waals surface area contributed by atoms with Crippen LogP contribution in [-0.4, -0.2) is 47.2 Å². The molecule has 2 aliphatic rings. The van der Waals surface area contributed by atoms with Crippen LogP contribution in [0.4, 0.5) is 0 Å². The van der Waals surface area contributed by atoms with Crippen LogP contribution in [0.3, 0.4) is 0 Å². The maximum Gasteiger partial charge on any atom is 0.242 e. The zero-order valence-corrected chi connectivity index (χ0v) is 20.6. The summed E-state index contributed by atoms with van der Waals surface area (Å²) in [5, 5.41) is 0.503. The molecule has 0 aromatic heterocycles. The molecule has 1 N–H and O–H groups in total. The third-order valence-electron chi connectivity index (χ3n) is 6.36. The Morgan fingerprint density at radius 3 is 2.69 bits per heavy atom. The van der Waals surface area contributed by atoms with Crippen molar-refractivity contribution in [3.8, 4) is 11.5 Å². The molecule has 0 bridgehead atoms. The lowest BCUT2D eigenvalue weighted by atomic mass is 9.92. The van der Waals surface area contributed by atoms with E-state index in [9.17, 15) is 8.42 Å². The minimum Gasteiger partial charge on any atom is -0.493 e. The molecule has 1 atom stereocenters. The van der Waals surface area contributed by atoms with Gasteiger partial charge in [-0.2, -0.15) is 0 Å². The molecular formula is C23H28Cl2N2O4S. The van der Waals surface area contributed by atoms with E-state index in [1.807, 2.05) is 0 Å². The smallest absolute Gasteiger partial charge is 0.242 e. The van der Waals surface area contributed by atoms with Crippen molar-refractivity contribution in [2.75, 3.05) is 33.9 Å². The van der Waals surface area contributed by atoms with Crippen molar-refractivity contribution in [2.24, 2.45) is 0 Å². The number of methoxy groups -OCH3 is 2. The molecule has 32 heavy (non-hydrogen) atoms. The summed E-state index contributed by atoms with van der Waals surface area (Å²) in [5.41, 5.74) is 4.05. The van der Waals surface area contributed by atoms with Crippen LogP contribution in [0.2, 0.25) is 10.0 Å². The average Bonchev–Trinajstić information content (AvgIpc) is 3.22. The summed E-state index contributed by atoms with van der Waals surface area (Å²) >= 11 is 12.0. The molecule has 4 rings (SSSR count). The van der Waals surface area contributed by atoms with Gasteiger partial charge in [-0.25, -0.2) is 13.1 Å². The molecule has 2 aromatic carbocycles. The maximum absolute atomic E-state index is 12.5. The van der Waals surface area contributed by atoms with Gasteiger partial charge in [0.15, 0.2) is 11.5 Å². The Kier molecular flexibility index (Phi) is 7.22. The minimum atomic E-state index is -3.69. The SMILES string of the molecule is COc1cc2c3c(c1OC)CCC3N(CCCCNS(=O)(=O)c1cc(Cl)ccc1Cl)CC2. The molecule has 1 aliphatic heterocycles. The molecule has 0 spiro atoms. The first-order chi connectivity index (χ1) is 15.4. The number of hydrogen-bond acceptors (Lipinski definition) is 5. The molecule has 0 fully saturated rings. The van der Waals surface area contributed by atoms with E-state index in [1.54, 1.807) is 20.3 Å². The van der Waals surface area contributed by atoms with Crippen LogP contribution in [-0.2, 0) is 22.9 Å². The Bertz CT molecular complexity index is 1110. The number of nitrogens with one attached hydrogen (secondary N) is 1. The second-order valence-corrected chi connectivity index (χ2v) is 10.8. The molecular weight excluding hydrogens is 471 g/mol. The zero-order valence-electron chi connectivity index (χ0n) is 18.3. The van der Waals surface area contributed by atoms with Crippen LogP contribution in [0.1, 0.15) is 42.0 Å². The summed E-state index contributed by atoms with van der Waals surface area (Å²) in [6, 6.07) is 6.96. The van der Waals surface area contributed by atoms with Crippen LogP contribution in [0.25, 0.3) is 0 Å². The van der Waals surface area contributed by atoms with Gasteiger partial charge in [-0.15, -0.1) is 0 Å². The van der Waals surface area contributed by atoms with Crippen molar-refractivity contribution < 1.29 is 17.9 Å². The van der Waals surface area contributed by atoms with Crippen LogP contribution in [0.15, 0.2) is 29.2 Å². The molecule has 1 aliphatic carbocycles. The van der Waals surface area contributed by atoms with Crippen molar-refractivity contribution in [3.05, 3.63) is 51.0 Å². The average molecular weight is 499 g/mol. The van der Waals surface area contributed by atoms with E-state index in [1.165, 1.54) is 28.8 Å². The number of hydrogen-bond donors (Lipinski definition) is 1. The van der Waals surface area contributed by atoms with Crippen LogP contribution in [0, 0.1) is 0 Å². The predicted octanol–water partition coefficient (Wildman–Crippen LogP) is 4.61. The fourth-order valence-electron chi connectivity index (χ4n) is 4.90. The van der Waals surface area contributed by atoms with Gasteiger partial charge in [0.05, 0.1) is 19.2 Å². The van der Waals surface area contributed by atoms with Crippen LogP contribution < -0.4 is 14.2 Å². The van der Waals surface area contributed by atoms with E-state index in [2.05, 4.69) is 15.7 Å². The monoisotopic (exact) mass is 498 g/mol. The Labute approximate surface area is 199 Å². The number of nitrogens with zero attached hydrogens (tertiary/aromatic N) is 1. The fraction of sp³-hybridized carbons (Fsp3) is 0.478. The third kappa shape index (κ3) is 4.59. The van der Waals surface area contributed by atoms with Gasteiger partial charge in [0.25, 0.3) is 0 Å². The highest BCUT2D eigenvalue weighted by Gasteiger charge is 2.36. The number of unbranched alkanes of at least 4 members (excludes halogenated alkanes) is 1. The lowest BCUT2D eigenvalue weighted by Crippen LogP contribution is -2.35. The van der Waals surface area contributed by atoms with E-state index < -0.39 is 10.0 Å². The molecule has 0 radical (unpaired) electrons. The predicted molar refractivity (Wildman–Crippen MR) is 127 cm³/mol. The van der Waals surface area contributed by atoms with Gasteiger partial charge >= 0.3 is 0 Å². The normalized spacial score (nSPS) is 17.9. The highest BCUT2D eigenvalue weighted by atomic mass is 35.5. The molecule has 1 unspecified atom stereocenters. The second kappa shape index (κ2) is 9.77. The second-order valence-electron chi connectivity index (χ2n) is 8.18. The first-order valence-electron chi connectivity index (χ1n) is 10.8. The van der Waals surface area contributed by atoms with Crippen molar-refractivity contribution in [3.63, 3.8) is 0 Å². The molecule has 0 amide bonds. The van der Waals surface area contributed by atoms with Crippen LogP contribution in [0.5, 0.6) is 11.5 Å². The molecule has 6 nitrogen and oxygen atoms in total. The van der Waals surface area contributed by atoms with E-state index in [-0.39, 0.29) is 9.92 Å². The number of ether oxygens (including phenoxy) is 2.